The zero-order chi connectivity index (χ0) is 9.56. The minimum Gasteiger partial charge on any atom is -0.402 e. The lowest BCUT2D eigenvalue weighted by Crippen LogP contribution is -2.08. The molecule has 0 aliphatic carbocycles. The van der Waals surface area contributed by atoms with Crippen LogP contribution in [0.15, 0.2) is 22.9 Å². The fourth-order valence-electron chi connectivity index (χ4n) is 0.846. The predicted molar refractivity (Wildman–Crippen MR) is 53.1 cm³/mol. The van der Waals surface area contributed by atoms with Crippen LogP contribution in [0.25, 0.3) is 0 Å². The molecule has 0 fully saturated rings. The summed E-state index contributed by atoms with van der Waals surface area (Å²) >= 11 is 0. The van der Waals surface area contributed by atoms with E-state index >= 15 is 0 Å². The van der Waals surface area contributed by atoms with Gasteiger partial charge in [0, 0.05) is 11.9 Å². The van der Waals surface area contributed by atoms with Crippen LogP contribution >= 0.6 is 0 Å². The fraction of sp³-hybridized carbons (Fsp3) is 0.444. The van der Waals surface area contributed by atoms with Crippen molar-refractivity contribution in [1.82, 2.24) is 0 Å². The van der Waals surface area contributed by atoms with E-state index in [1.807, 2.05) is 13.8 Å². The van der Waals surface area contributed by atoms with E-state index < -0.39 is 0 Å². The normalized spacial score (nSPS) is 14.1. The molecule has 0 bridgehead atoms. The van der Waals surface area contributed by atoms with E-state index in [0.29, 0.717) is 6.54 Å². The molecule has 0 amide bonds. The Morgan fingerprint density at radius 2 is 2.00 bits per heavy atom. The summed E-state index contributed by atoms with van der Waals surface area (Å²) in [7, 11) is 0. The SMILES string of the molecule is CC(=C(/N)CCN)/C(C)=C/C=N. The lowest BCUT2D eigenvalue weighted by molar-refractivity contribution is 0.918. The van der Waals surface area contributed by atoms with E-state index in [1.54, 1.807) is 6.08 Å². The molecule has 0 aliphatic rings. The van der Waals surface area contributed by atoms with E-state index in [4.69, 9.17) is 16.9 Å². The highest BCUT2D eigenvalue weighted by Crippen LogP contribution is 2.11. The molecule has 12 heavy (non-hydrogen) atoms. The van der Waals surface area contributed by atoms with Gasteiger partial charge in [-0.05, 0) is 44.0 Å². The van der Waals surface area contributed by atoms with E-state index in [2.05, 4.69) is 0 Å². The molecule has 0 saturated heterocycles. The Hall–Kier alpha value is -1.09. The third kappa shape index (κ3) is 3.34. The van der Waals surface area contributed by atoms with Gasteiger partial charge in [-0.15, -0.1) is 0 Å². The molecular weight excluding hydrogens is 150 g/mol. The summed E-state index contributed by atoms with van der Waals surface area (Å²) in [5.74, 6) is 0. The van der Waals surface area contributed by atoms with E-state index in [9.17, 15) is 0 Å². The van der Waals surface area contributed by atoms with Crippen molar-refractivity contribution in [3.05, 3.63) is 22.9 Å². The van der Waals surface area contributed by atoms with Gasteiger partial charge in [0.2, 0.25) is 0 Å². The van der Waals surface area contributed by atoms with Gasteiger partial charge in [-0.3, -0.25) is 0 Å². The van der Waals surface area contributed by atoms with Crippen molar-refractivity contribution >= 4 is 6.21 Å². The van der Waals surface area contributed by atoms with Crippen LogP contribution in [0.1, 0.15) is 20.3 Å². The first kappa shape index (κ1) is 10.9. The van der Waals surface area contributed by atoms with E-state index in [0.717, 1.165) is 23.3 Å². The summed E-state index contributed by atoms with van der Waals surface area (Å²) in [6.07, 6.45) is 3.70. The Morgan fingerprint density at radius 3 is 2.42 bits per heavy atom. The maximum Gasteiger partial charge on any atom is 0.0180 e. The fourth-order valence-corrected chi connectivity index (χ4v) is 0.846. The second kappa shape index (κ2) is 5.55. The van der Waals surface area contributed by atoms with Crippen molar-refractivity contribution in [2.45, 2.75) is 20.3 Å². The van der Waals surface area contributed by atoms with Crippen LogP contribution in [0.4, 0.5) is 0 Å². The molecule has 3 nitrogen and oxygen atoms in total. The second-order valence-corrected chi connectivity index (χ2v) is 2.71. The molecule has 0 aliphatic heterocycles. The van der Waals surface area contributed by atoms with Gasteiger partial charge in [-0.2, -0.15) is 0 Å². The maximum absolute atomic E-state index is 6.88. The molecule has 0 rings (SSSR count). The number of nitrogens with two attached hydrogens (primary N) is 2. The first-order chi connectivity index (χ1) is 5.63. The summed E-state index contributed by atoms with van der Waals surface area (Å²) in [6.45, 7) is 4.45. The molecule has 68 valence electrons. The quantitative estimate of drug-likeness (QED) is 0.434. The summed E-state index contributed by atoms with van der Waals surface area (Å²) in [5.41, 5.74) is 14.0. The van der Waals surface area contributed by atoms with Crippen LogP contribution in [-0.2, 0) is 0 Å². The number of hydrogen-bond acceptors (Lipinski definition) is 3. The topological polar surface area (TPSA) is 75.9 Å². The van der Waals surface area contributed by atoms with E-state index in [-0.39, 0.29) is 0 Å². The van der Waals surface area contributed by atoms with Gasteiger partial charge >= 0.3 is 0 Å². The molecule has 0 radical (unpaired) electrons. The highest BCUT2D eigenvalue weighted by molar-refractivity contribution is 5.70. The minimum absolute atomic E-state index is 0.570. The van der Waals surface area contributed by atoms with Crippen LogP contribution in [0.5, 0.6) is 0 Å². The van der Waals surface area contributed by atoms with Crippen molar-refractivity contribution < 1.29 is 0 Å². The molecule has 0 heterocycles. The molecule has 0 unspecified atom stereocenters. The highest BCUT2D eigenvalue weighted by Gasteiger charge is 1.98. The molecule has 3 heteroatoms. The van der Waals surface area contributed by atoms with Crippen LogP contribution < -0.4 is 11.5 Å². The monoisotopic (exact) mass is 167 g/mol. The Bertz CT molecular complexity index is 214. The molecule has 5 N–H and O–H groups in total. The summed E-state index contributed by atoms with van der Waals surface area (Å²) in [6, 6.07) is 0. The lowest BCUT2D eigenvalue weighted by Gasteiger charge is -2.05. The van der Waals surface area contributed by atoms with Crippen molar-refractivity contribution in [2.24, 2.45) is 11.5 Å². The lowest BCUT2D eigenvalue weighted by atomic mass is 10.1. The predicted octanol–water partition coefficient (Wildman–Crippen LogP) is 1.16. The van der Waals surface area contributed by atoms with Gasteiger partial charge in [-0.1, -0.05) is 0 Å². The van der Waals surface area contributed by atoms with Crippen molar-refractivity contribution in [3.8, 4) is 0 Å². The number of rotatable bonds is 4. The summed E-state index contributed by atoms with van der Waals surface area (Å²) < 4.78 is 0. The Balaban J connectivity index is 4.53. The summed E-state index contributed by atoms with van der Waals surface area (Å²) in [5, 5.41) is 6.88. The molecule has 0 saturated carbocycles. The third-order valence-corrected chi connectivity index (χ3v) is 1.82. The van der Waals surface area contributed by atoms with Gasteiger partial charge in [0.15, 0.2) is 0 Å². The van der Waals surface area contributed by atoms with Crippen LogP contribution in [0.2, 0.25) is 0 Å². The molecule has 0 aromatic rings. The largest absolute Gasteiger partial charge is 0.402 e. The summed E-state index contributed by atoms with van der Waals surface area (Å²) in [4.78, 5) is 0. The average molecular weight is 167 g/mol. The zero-order valence-corrected chi connectivity index (χ0v) is 7.72. The van der Waals surface area contributed by atoms with Crippen molar-refractivity contribution in [3.63, 3.8) is 0 Å². The number of hydrogen-bond donors (Lipinski definition) is 3. The molecule has 0 atom stereocenters. The van der Waals surface area contributed by atoms with Gasteiger partial charge in [0.25, 0.3) is 0 Å². The molecule has 0 aromatic heterocycles. The standard InChI is InChI=1S/C9H17N3/c1-7(3-5-10)8(2)9(12)4-6-11/h3,5,10H,4,6,11-12H2,1-2H3/b7-3+,9-8-,10-5?. The maximum atomic E-state index is 6.88. The Kier molecular flexibility index (Phi) is 5.04. The number of allylic oxidation sites excluding steroid dienone is 3. The third-order valence-electron chi connectivity index (χ3n) is 1.82. The molecule has 0 spiro atoms. The molecular formula is C9H17N3. The van der Waals surface area contributed by atoms with Crippen LogP contribution in [-0.4, -0.2) is 12.8 Å². The van der Waals surface area contributed by atoms with Gasteiger partial charge in [0.05, 0.1) is 0 Å². The van der Waals surface area contributed by atoms with Crippen molar-refractivity contribution in [1.29, 1.82) is 5.41 Å². The Labute approximate surface area is 73.6 Å². The zero-order valence-electron chi connectivity index (χ0n) is 7.72. The van der Waals surface area contributed by atoms with E-state index in [1.165, 1.54) is 6.21 Å². The smallest absolute Gasteiger partial charge is 0.0180 e. The average Bonchev–Trinajstić information content (AvgIpc) is 2.04. The van der Waals surface area contributed by atoms with Gasteiger partial charge < -0.3 is 16.9 Å². The highest BCUT2D eigenvalue weighted by atomic mass is 14.6. The Morgan fingerprint density at radius 1 is 1.42 bits per heavy atom. The first-order valence-electron chi connectivity index (χ1n) is 3.96. The van der Waals surface area contributed by atoms with Gasteiger partial charge in [0.1, 0.15) is 0 Å². The van der Waals surface area contributed by atoms with Gasteiger partial charge in [-0.25, -0.2) is 0 Å². The van der Waals surface area contributed by atoms with Crippen molar-refractivity contribution in [2.75, 3.05) is 6.54 Å². The van der Waals surface area contributed by atoms with Crippen LogP contribution in [0.3, 0.4) is 0 Å². The second-order valence-electron chi connectivity index (χ2n) is 2.71. The minimum atomic E-state index is 0.570. The molecule has 0 aromatic carbocycles. The number of nitrogens with one attached hydrogen (secondary N) is 1. The first-order valence-corrected chi connectivity index (χ1v) is 3.96. The van der Waals surface area contributed by atoms with Crippen LogP contribution in [0, 0.1) is 5.41 Å².